The van der Waals surface area contributed by atoms with E-state index in [4.69, 9.17) is 0 Å². The van der Waals surface area contributed by atoms with Gasteiger partial charge >= 0.3 is 6.36 Å². The number of alkyl halides is 3. The molecule has 0 saturated carbocycles. The molecule has 0 bridgehead atoms. The molecule has 0 saturated heterocycles. The van der Waals surface area contributed by atoms with Gasteiger partial charge in [0.15, 0.2) is 11.2 Å². The minimum Gasteiger partial charge on any atom is -0.406 e. The molecule has 2 heterocycles. The first kappa shape index (κ1) is 18.7. The van der Waals surface area contributed by atoms with Crippen molar-refractivity contribution in [2.75, 3.05) is 0 Å². The molecule has 0 fully saturated rings. The van der Waals surface area contributed by atoms with Gasteiger partial charge in [-0.1, -0.05) is 35.5 Å². The van der Waals surface area contributed by atoms with Crippen molar-refractivity contribution in [2.24, 2.45) is 0 Å². The average molecular weight is 401 g/mol. The highest BCUT2D eigenvalue weighted by atomic mass is 19.4. The van der Waals surface area contributed by atoms with Gasteiger partial charge in [-0.2, -0.15) is 4.68 Å². The molecule has 0 aliphatic carbocycles. The highest BCUT2D eigenvalue weighted by Crippen LogP contribution is 2.24. The van der Waals surface area contributed by atoms with Crippen molar-refractivity contribution in [1.82, 2.24) is 24.5 Å². The first-order valence-corrected chi connectivity index (χ1v) is 8.57. The molecule has 0 aliphatic rings. The Balaban J connectivity index is 1.70. The zero-order valence-corrected chi connectivity index (χ0v) is 15.0. The standard InChI is InChI=1S/C19H14F3N5O2/c1-12(13-5-3-2-4-6-13)26-11-23-17-16(18(26)28)24-25-27(17)14-7-9-15(10-8-14)29-19(20,21)22/h2-12H,1H3. The van der Waals surface area contributed by atoms with Gasteiger partial charge in [-0.3, -0.25) is 9.36 Å². The van der Waals surface area contributed by atoms with E-state index in [0.717, 1.165) is 17.7 Å². The lowest BCUT2D eigenvalue weighted by Crippen LogP contribution is -2.24. The summed E-state index contributed by atoms with van der Waals surface area (Å²) in [6, 6.07) is 14.2. The van der Waals surface area contributed by atoms with Crippen molar-refractivity contribution in [3.8, 4) is 11.4 Å². The van der Waals surface area contributed by atoms with Gasteiger partial charge < -0.3 is 4.74 Å². The van der Waals surface area contributed by atoms with Gasteiger partial charge in [-0.25, -0.2) is 4.98 Å². The second kappa shape index (κ2) is 7.04. The summed E-state index contributed by atoms with van der Waals surface area (Å²) in [5.41, 5.74) is 1.22. The fourth-order valence-electron chi connectivity index (χ4n) is 2.95. The minimum absolute atomic E-state index is 0.0610. The van der Waals surface area contributed by atoms with Gasteiger partial charge in [0.2, 0.25) is 0 Å². The number of fused-ring (bicyclic) bond motifs is 1. The van der Waals surface area contributed by atoms with E-state index in [9.17, 15) is 18.0 Å². The third-order valence-corrected chi connectivity index (χ3v) is 4.40. The van der Waals surface area contributed by atoms with E-state index in [0.29, 0.717) is 5.69 Å². The van der Waals surface area contributed by atoms with Gasteiger partial charge in [0.25, 0.3) is 5.56 Å². The Bertz CT molecular complexity index is 1200. The maximum atomic E-state index is 12.9. The molecule has 0 aliphatic heterocycles. The SMILES string of the molecule is CC(c1ccccc1)n1cnc2c(nnn2-c2ccc(OC(F)(F)F)cc2)c1=O. The molecule has 2 aromatic carbocycles. The number of hydrogen-bond acceptors (Lipinski definition) is 5. The molecule has 29 heavy (non-hydrogen) atoms. The maximum Gasteiger partial charge on any atom is 0.573 e. The molecule has 0 spiro atoms. The summed E-state index contributed by atoms with van der Waals surface area (Å²) < 4.78 is 43.5. The summed E-state index contributed by atoms with van der Waals surface area (Å²) in [4.78, 5) is 17.2. The van der Waals surface area contributed by atoms with Crippen LogP contribution in [0.1, 0.15) is 18.5 Å². The Morgan fingerprint density at radius 2 is 1.72 bits per heavy atom. The van der Waals surface area contributed by atoms with Crippen LogP contribution in [0.25, 0.3) is 16.9 Å². The molecule has 0 amide bonds. The van der Waals surface area contributed by atoms with Crippen LogP contribution >= 0.6 is 0 Å². The molecular weight excluding hydrogens is 387 g/mol. The lowest BCUT2D eigenvalue weighted by molar-refractivity contribution is -0.274. The number of hydrogen-bond donors (Lipinski definition) is 0. The van der Waals surface area contributed by atoms with Crippen LogP contribution in [-0.4, -0.2) is 30.9 Å². The lowest BCUT2D eigenvalue weighted by atomic mass is 10.1. The molecule has 7 nitrogen and oxygen atoms in total. The van der Waals surface area contributed by atoms with Crippen molar-refractivity contribution < 1.29 is 17.9 Å². The third-order valence-electron chi connectivity index (χ3n) is 4.40. The summed E-state index contributed by atoms with van der Waals surface area (Å²) in [5, 5.41) is 7.85. The number of rotatable bonds is 4. The molecular formula is C19H14F3N5O2. The molecule has 4 aromatic rings. The van der Waals surface area contributed by atoms with Crippen LogP contribution in [0.5, 0.6) is 5.75 Å². The maximum absolute atomic E-state index is 12.9. The van der Waals surface area contributed by atoms with Crippen LogP contribution in [-0.2, 0) is 0 Å². The quantitative estimate of drug-likeness (QED) is 0.523. The zero-order valence-electron chi connectivity index (χ0n) is 15.0. The largest absolute Gasteiger partial charge is 0.573 e. The van der Waals surface area contributed by atoms with Gasteiger partial charge in [0, 0.05) is 0 Å². The van der Waals surface area contributed by atoms with E-state index >= 15 is 0 Å². The minimum atomic E-state index is -4.77. The predicted molar refractivity (Wildman–Crippen MR) is 97.9 cm³/mol. The van der Waals surface area contributed by atoms with Crippen LogP contribution < -0.4 is 10.3 Å². The van der Waals surface area contributed by atoms with Crippen LogP contribution in [0.3, 0.4) is 0 Å². The average Bonchev–Trinajstić information content (AvgIpc) is 3.13. The van der Waals surface area contributed by atoms with Crippen molar-refractivity contribution in [3.05, 3.63) is 76.8 Å². The van der Waals surface area contributed by atoms with E-state index < -0.39 is 6.36 Å². The van der Waals surface area contributed by atoms with Gasteiger partial charge in [-0.15, -0.1) is 18.3 Å². The first-order chi connectivity index (χ1) is 13.8. The smallest absolute Gasteiger partial charge is 0.406 e. The van der Waals surface area contributed by atoms with Crippen molar-refractivity contribution in [3.63, 3.8) is 0 Å². The fraction of sp³-hybridized carbons (Fsp3) is 0.158. The Labute approximate surface area is 162 Å². The van der Waals surface area contributed by atoms with Crippen LogP contribution in [0, 0.1) is 0 Å². The van der Waals surface area contributed by atoms with Crippen LogP contribution in [0.15, 0.2) is 65.7 Å². The Morgan fingerprint density at radius 3 is 2.38 bits per heavy atom. The number of benzene rings is 2. The lowest BCUT2D eigenvalue weighted by Gasteiger charge is -2.14. The molecule has 4 rings (SSSR count). The normalized spacial score (nSPS) is 12.8. The molecule has 0 radical (unpaired) electrons. The molecule has 0 N–H and O–H groups in total. The first-order valence-electron chi connectivity index (χ1n) is 8.57. The summed E-state index contributed by atoms with van der Waals surface area (Å²) in [6.45, 7) is 1.87. The van der Waals surface area contributed by atoms with Crippen LogP contribution in [0.2, 0.25) is 0 Å². The molecule has 1 unspecified atom stereocenters. The number of nitrogens with zero attached hydrogens (tertiary/aromatic N) is 5. The Kier molecular flexibility index (Phi) is 4.53. The highest BCUT2D eigenvalue weighted by molar-refractivity contribution is 5.70. The van der Waals surface area contributed by atoms with Gasteiger partial charge in [0.05, 0.1) is 11.7 Å². The Hall–Kier alpha value is -3.69. The Morgan fingerprint density at radius 1 is 1.03 bits per heavy atom. The van der Waals surface area contributed by atoms with E-state index in [1.807, 2.05) is 37.3 Å². The molecule has 2 aromatic heterocycles. The summed E-state index contributed by atoms with van der Waals surface area (Å²) >= 11 is 0. The predicted octanol–water partition coefficient (Wildman–Crippen LogP) is 3.49. The number of aromatic nitrogens is 5. The summed E-state index contributed by atoms with van der Waals surface area (Å²) in [5.74, 6) is -0.363. The summed E-state index contributed by atoms with van der Waals surface area (Å²) in [7, 11) is 0. The summed E-state index contributed by atoms with van der Waals surface area (Å²) in [6.07, 6.45) is -3.37. The molecule has 1 atom stereocenters. The second-order valence-corrected chi connectivity index (χ2v) is 6.26. The van der Waals surface area contributed by atoms with E-state index in [-0.39, 0.29) is 28.5 Å². The molecule has 10 heteroatoms. The van der Waals surface area contributed by atoms with E-state index in [1.165, 1.54) is 27.7 Å². The third kappa shape index (κ3) is 3.68. The van der Waals surface area contributed by atoms with Crippen molar-refractivity contribution in [2.45, 2.75) is 19.3 Å². The van der Waals surface area contributed by atoms with Crippen molar-refractivity contribution >= 4 is 11.2 Å². The topological polar surface area (TPSA) is 74.8 Å². The number of halogens is 3. The van der Waals surface area contributed by atoms with E-state index in [1.54, 1.807) is 0 Å². The molecule has 148 valence electrons. The zero-order chi connectivity index (χ0) is 20.6. The number of ether oxygens (including phenoxy) is 1. The van der Waals surface area contributed by atoms with Crippen LogP contribution in [0.4, 0.5) is 13.2 Å². The monoisotopic (exact) mass is 401 g/mol. The van der Waals surface area contributed by atoms with Gasteiger partial charge in [-0.05, 0) is 36.8 Å². The highest BCUT2D eigenvalue weighted by Gasteiger charge is 2.31. The second-order valence-electron chi connectivity index (χ2n) is 6.26. The van der Waals surface area contributed by atoms with E-state index in [2.05, 4.69) is 20.0 Å². The van der Waals surface area contributed by atoms with Crippen molar-refractivity contribution in [1.29, 1.82) is 0 Å². The fourth-order valence-corrected chi connectivity index (χ4v) is 2.95. The van der Waals surface area contributed by atoms with Gasteiger partial charge in [0.1, 0.15) is 12.1 Å².